The second-order valence-electron chi connectivity index (χ2n) is 5.13. The second kappa shape index (κ2) is 5.20. The van der Waals surface area contributed by atoms with E-state index in [1.165, 1.54) is 37.3 Å². The molecule has 106 valence electrons. The van der Waals surface area contributed by atoms with Crippen molar-refractivity contribution in [2.24, 2.45) is 5.41 Å². The van der Waals surface area contributed by atoms with Crippen LogP contribution in [-0.2, 0) is 4.79 Å². The number of carbonyl (C=O) groups is 2. The molecule has 1 amide bonds. The van der Waals surface area contributed by atoms with E-state index in [1.54, 1.807) is 12.1 Å². The number of carboxylic acids is 1. The number of fused-ring (bicyclic) bond motifs is 1. The van der Waals surface area contributed by atoms with Gasteiger partial charge in [-0.2, -0.15) is 0 Å². The SMILES string of the molecule is CC(C)(CNC(=O)c1cc2c(F)cccc2s1)C(=O)O. The number of carbonyl (C=O) groups excluding carboxylic acids is 1. The molecule has 0 bridgehead atoms. The molecule has 0 aliphatic rings. The first-order valence-corrected chi connectivity index (χ1v) is 6.82. The summed E-state index contributed by atoms with van der Waals surface area (Å²) >= 11 is 1.18. The molecule has 2 N–H and O–H groups in total. The van der Waals surface area contributed by atoms with E-state index in [2.05, 4.69) is 5.32 Å². The van der Waals surface area contributed by atoms with E-state index in [-0.39, 0.29) is 18.3 Å². The Balaban J connectivity index is 2.16. The topological polar surface area (TPSA) is 66.4 Å². The second-order valence-corrected chi connectivity index (χ2v) is 6.22. The quantitative estimate of drug-likeness (QED) is 0.911. The number of nitrogens with one attached hydrogen (secondary N) is 1. The van der Waals surface area contributed by atoms with Crippen molar-refractivity contribution in [3.05, 3.63) is 35.0 Å². The number of amides is 1. The van der Waals surface area contributed by atoms with Gasteiger partial charge >= 0.3 is 5.97 Å². The largest absolute Gasteiger partial charge is 0.481 e. The van der Waals surface area contributed by atoms with Gasteiger partial charge in [0.1, 0.15) is 5.82 Å². The van der Waals surface area contributed by atoms with Crippen molar-refractivity contribution in [1.82, 2.24) is 5.32 Å². The lowest BCUT2D eigenvalue weighted by atomic mass is 9.94. The Morgan fingerprint density at radius 2 is 2.10 bits per heavy atom. The number of hydrogen-bond acceptors (Lipinski definition) is 3. The molecule has 20 heavy (non-hydrogen) atoms. The van der Waals surface area contributed by atoms with Crippen LogP contribution in [0.1, 0.15) is 23.5 Å². The van der Waals surface area contributed by atoms with Gasteiger partial charge < -0.3 is 10.4 Å². The standard InChI is InChI=1S/C14H14FNO3S/c1-14(2,13(18)19)7-16-12(17)11-6-8-9(15)4-3-5-10(8)20-11/h3-6H,7H2,1-2H3,(H,16,17)(H,18,19). The van der Waals surface area contributed by atoms with Gasteiger partial charge in [0.05, 0.1) is 10.3 Å². The fourth-order valence-corrected chi connectivity index (χ4v) is 2.59. The summed E-state index contributed by atoms with van der Waals surface area (Å²) in [6.45, 7) is 3.07. The zero-order valence-corrected chi connectivity index (χ0v) is 11.9. The molecule has 0 saturated heterocycles. The van der Waals surface area contributed by atoms with E-state index >= 15 is 0 Å². The summed E-state index contributed by atoms with van der Waals surface area (Å²) in [5.41, 5.74) is -1.04. The first kappa shape index (κ1) is 14.5. The van der Waals surface area contributed by atoms with Crippen LogP contribution in [0.5, 0.6) is 0 Å². The highest BCUT2D eigenvalue weighted by atomic mass is 32.1. The molecular formula is C14H14FNO3S. The Bertz CT molecular complexity index is 678. The summed E-state index contributed by atoms with van der Waals surface area (Å²) in [5.74, 6) is -1.75. The molecule has 6 heteroatoms. The van der Waals surface area contributed by atoms with E-state index in [0.717, 1.165) is 0 Å². The maximum Gasteiger partial charge on any atom is 0.310 e. The first-order valence-electron chi connectivity index (χ1n) is 6.01. The third-order valence-corrected chi connectivity index (χ3v) is 4.10. The minimum absolute atomic E-state index is 0.0118. The summed E-state index contributed by atoms with van der Waals surface area (Å²) in [6, 6.07) is 6.15. The summed E-state index contributed by atoms with van der Waals surface area (Å²) < 4.78 is 14.2. The lowest BCUT2D eigenvalue weighted by Crippen LogP contribution is -2.38. The molecule has 0 saturated carbocycles. The van der Waals surface area contributed by atoms with E-state index in [1.807, 2.05) is 0 Å². The highest BCUT2D eigenvalue weighted by molar-refractivity contribution is 7.20. The average Bonchev–Trinajstić information content (AvgIpc) is 2.81. The van der Waals surface area contributed by atoms with Crippen molar-refractivity contribution < 1.29 is 19.1 Å². The van der Waals surface area contributed by atoms with Crippen LogP contribution in [0.15, 0.2) is 24.3 Å². The Morgan fingerprint density at radius 1 is 1.40 bits per heavy atom. The molecule has 1 heterocycles. The molecule has 2 rings (SSSR count). The van der Waals surface area contributed by atoms with Crippen molar-refractivity contribution in [3.63, 3.8) is 0 Å². The fraction of sp³-hybridized carbons (Fsp3) is 0.286. The molecule has 0 unspecified atom stereocenters. The fourth-order valence-electron chi connectivity index (χ4n) is 1.60. The molecule has 0 fully saturated rings. The highest BCUT2D eigenvalue weighted by Gasteiger charge is 2.28. The zero-order chi connectivity index (χ0) is 14.9. The number of rotatable bonds is 4. The molecule has 0 atom stereocenters. The van der Waals surface area contributed by atoms with Gasteiger partial charge in [-0.3, -0.25) is 9.59 Å². The predicted octanol–water partition coefficient (Wildman–Crippen LogP) is 2.88. The van der Waals surface area contributed by atoms with Crippen LogP contribution in [-0.4, -0.2) is 23.5 Å². The van der Waals surface area contributed by atoms with E-state index in [4.69, 9.17) is 5.11 Å². The zero-order valence-electron chi connectivity index (χ0n) is 11.1. The number of carboxylic acid groups (broad SMARTS) is 1. The number of aliphatic carboxylic acids is 1. The van der Waals surface area contributed by atoms with Gasteiger partial charge in [0.2, 0.25) is 0 Å². The molecule has 1 aromatic carbocycles. The molecule has 4 nitrogen and oxygen atoms in total. The summed E-state index contributed by atoms with van der Waals surface area (Å²) in [5, 5.41) is 11.9. The minimum atomic E-state index is -1.04. The van der Waals surface area contributed by atoms with Gasteiger partial charge in [0, 0.05) is 16.6 Å². The van der Waals surface area contributed by atoms with Gasteiger partial charge in [-0.05, 0) is 32.0 Å². The molecular weight excluding hydrogens is 281 g/mol. The van der Waals surface area contributed by atoms with Gasteiger partial charge in [0.25, 0.3) is 5.91 Å². The van der Waals surface area contributed by atoms with Crippen LogP contribution >= 0.6 is 11.3 Å². The summed E-state index contributed by atoms with van der Waals surface area (Å²) in [6.07, 6.45) is 0. The number of benzene rings is 1. The van der Waals surface area contributed by atoms with Crippen LogP contribution < -0.4 is 5.32 Å². The monoisotopic (exact) mass is 295 g/mol. The Morgan fingerprint density at radius 3 is 2.70 bits per heavy atom. The Labute approximate surface area is 119 Å². The molecule has 2 aromatic rings. The van der Waals surface area contributed by atoms with Crippen LogP contribution in [0, 0.1) is 11.2 Å². The van der Waals surface area contributed by atoms with Gasteiger partial charge in [-0.1, -0.05) is 6.07 Å². The number of thiophene rings is 1. The normalized spacial score (nSPS) is 11.6. The third kappa shape index (κ3) is 2.80. The van der Waals surface area contributed by atoms with Crippen molar-refractivity contribution in [2.75, 3.05) is 6.54 Å². The maximum absolute atomic E-state index is 13.5. The summed E-state index contributed by atoms with van der Waals surface area (Å²) in [4.78, 5) is 23.3. The van der Waals surface area contributed by atoms with E-state index < -0.39 is 11.4 Å². The van der Waals surface area contributed by atoms with E-state index in [9.17, 15) is 14.0 Å². The number of hydrogen-bond donors (Lipinski definition) is 2. The first-order chi connectivity index (χ1) is 9.31. The van der Waals surface area contributed by atoms with Crippen molar-refractivity contribution >= 4 is 33.3 Å². The van der Waals surface area contributed by atoms with Crippen LogP contribution in [0.25, 0.3) is 10.1 Å². The van der Waals surface area contributed by atoms with Gasteiger partial charge in [-0.25, -0.2) is 4.39 Å². The van der Waals surface area contributed by atoms with Crippen molar-refractivity contribution in [2.45, 2.75) is 13.8 Å². The Kier molecular flexibility index (Phi) is 3.76. The smallest absolute Gasteiger partial charge is 0.310 e. The molecule has 0 aliphatic heterocycles. The van der Waals surface area contributed by atoms with Crippen molar-refractivity contribution in [1.29, 1.82) is 0 Å². The molecule has 0 aliphatic carbocycles. The number of halogens is 1. The maximum atomic E-state index is 13.5. The lowest BCUT2D eigenvalue weighted by Gasteiger charge is -2.19. The third-order valence-electron chi connectivity index (χ3n) is 3.00. The predicted molar refractivity (Wildman–Crippen MR) is 75.5 cm³/mol. The van der Waals surface area contributed by atoms with Crippen molar-refractivity contribution in [3.8, 4) is 0 Å². The van der Waals surface area contributed by atoms with Gasteiger partial charge in [0.15, 0.2) is 0 Å². The van der Waals surface area contributed by atoms with Gasteiger partial charge in [-0.15, -0.1) is 11.3 Å². The van der Waals surface area contributed by atoms with Crippen LogP contribution in [0.3, 0.4) is 0 Å². The Hall–Kier alpha value is -1.95. The average molecular weight is 295 g/mol. The minimum Gasteiger partial charge on any atom is -0.481 e. The van der Waals surface area contributed by atoms with Crippen LogP contribution in [0.4, 0.5) is 4.39 Å². The van der Waals surface area contributed by atoms with E-state index in [0.29, 0.717) is 15.0 Å². The lowest BCUT2D eigenvalue weighted by molar-refractivity contribution is -0.146. The van der Waals surface area contributed by atoms with Crippen LogP contribution in [0.2, 0.25) is 0 Å². The molecule has 0 radical (unpaired) electrons. The highest BCUT2D eigenvalue weighted by Crippen LogP contribution is 2.27. The molecule has 1 aromatic heterocycles. The summed E-state index contributed by atoms with van der Waals surface area (Å²) in [7, 11) is 0. The molecule has 0 spiro atoms.